The molecule has 0 saturated heterocycles. The van der Waals surface area contributed by atoms with Crippen LogP contribution < -0.4 is 4.74 Å². The third kappa shape index (κ3) is 1.39. The van der Waals surface area contributed by atoms with E-state index in [2.05, 4.69) is 15.9 Å². The molecule has 4 heteroatoms. The van der Waals surface area contributed by atoms with Crippen molar-refractivity contribution in [3.8, 4) is 11.5 Å². The van der Waals surface area contributed by atoms with Gasteiger partial charge < -0.3 is 9.84 Å². The van der Waals surface area contributed by atoms with E-state index in [0.717, 1.165) is 0 Å². The van der Waals surface area contributed by atoms with Crippen LogP contribution in [0, 0.1) is 12.7 Å². The van der Waals surface area contributed by atoms with Gasteiger partial charge in [-0.3, -0.25) is 0 Å². The molecule has 1 aromatic carbocycles. The third-order valence-corrected chi connectivity index (χ3v) is 2.12. The first-order valence-electron chi connectivity index (χ1n) is 3.29. The molecule has 1 N–H and O–H groups in total. The summed E-state index contributed by atoms with van der Waals surface area (Å²) in [7, 11) is 1.38. The Morgan fingerprint density at radius 1 is 1.58 bits per heavy atom. The highest BCUT2D eigenvalue weighted by atomic mass is 79.9. The first kappa shape index (κ1) is 9.32. The van der Waals surface area contributed by atoms with Crippen LogP contribution in [0.3, 0.4) is 0 Å². The highest BCUT2D eigenvalue weighted by molar-refractivity contribution is 9.10. The topological polar surface area (TPSA) is 29.5 Å². The Morgan fingerprint density at radius 2 is 2.17 bits per heavy atom. The van der Waals surface area contributed by atoms with Crippen LogP contribution in [0.5, 0.6) is 11.5 Å². The lowest BCUT2D eigenvalue weighted by Crippen LogP contribution is -1.91. The molecule has 0 aliphatic heterocycles. The number of aryl methyl sites for hydroxylation is 1. The normalized spacial score (nSPS) is 10.0. The van der Waals surface area contributed by atoms with Crippen molar-refractivity contribution in [1.29, 1.82) is 0 Å². The largest absolute Gasteiger partial charge is 0.502 e. The van der Waals surface area contributed by atoms with Gasteiger partial charge in [0.15, 0.2) is 17.3 Å². The van der Waals surface area contributed by atoms with Crippen LogP contribution in [-0.2, 0) is 0 Å². The average molecular weight is 235 g/mol. The first-order chi connectivity index (χ1) is 5.57. The van der Waals surface area contributed by atoms with E-state index in [1.54, 1.807) is 13.0 Å². The smallest absolute Gasteiger partial charge is 0.195 e. The summed E-state index contributed by atoms with van der Waals surface area (Å²) in [5.41, 5.74) is 0.684. The number of aromatic hydroxyl groups is 1. The maximum Gasteiger partial charge on any atom is 0.195 e. The molecule has 2 nitrogen and oxygen atoms in total. The van der Waals surface area contributed by atoms with Crippen molar-refractivity contribution < 1.29 is 14.2 Å². The van der Waals surface area contributed by atoms with Crippen LogP contribution in [0.4, 0.5) is 4.39 Å². The zero-order valence-corrected chi connectivity index (χ0v) is 8.27. The average Bonchev–Trinajstić information content (AvgIpc) is 2.01. The minimum atomic E-state index is -0.697. The number of hydrogen-bond donors (Lipinski definition) is 1. The summed E-state index contributed by atoms with van der Waals surface area (Å²) in [5, 5.41) is 9.23. The second kappa shape index (κ2) is 3.31. The quantitative estimate of drug-likeness (QED) is 0.810. The molecular formula is C8H8BrFO2. The molecule has 0 amide bonds. The van der Waals surface area contributed by atoms with Gasteiger partial charge in [-0.25, -0.2) is 4.39 Å². The number of halogens is 2. The summed E-state index contributed by atoms with van der Waals surface area (Å²) in [5.74, 6) is -0.975. The fraction of sp³-hybridized carbons (Fsp3) is 0.250. The molecule has 0 fully saturated rings. The van der Waals surface area contributed by atoms with E-state index in [1.807, 2.05) is 0 Å². The van der Waals surface area contributed by atoms with Gasteiger partial charge >= 0.3 is 0 Å². The van der Waals surface area contributed by atoms with Crippen molar-refractivity contribution in [2.45, 2.75) is 6.92 Å². The number of hydrogen-bond acceptors (Lipinski definition) is 2. The summed E-state index contributed by atoms with van der Waals surface area (Å²) in [6, 6.07) is 1.55. The van der Waals surface area contributed by atoms with Crippen LogP contribution in [0.2, 0.25) is 0 Å². The molecule has 0 aliphatic rings. The van der Waals surface area contributed by atoms with Gasteiger partial charge in [-0.05, 0) is 34.5 Å². The molecule has 1 rings (SSSR count). The van der Waals surface area contributed by atoms with Gasteiger partial charge in [-0.2, -0.15) is 0 Å². The van der Waals surface area contributed by atoms with Crippen LogP contribution in [0.1, 0.15) is 5.56 Å². The fourth-order valence-electron chi connectivity index (χ4n) is 0.976. The molecule has 0 saturated carbocycles. The molecule has 0 unspecified atom stereocenters. The number of methoxy groups -OCH3 is 1. The van der Waals surface area contributed by atoms with Gasteiger partial charge in [0.1, 0.15) is 0 Å². The van der Waals surface area contributed by atoms with E-state index in [4.69, 9.17) is 4.74 Å². The van der Waals surface area contributed by atoms with Gasteiger partial charge in [0.25, 0.3) is 0 Å². The Morgan fingerprint density at radius 3 is 2.67 bits per heavy atom. The molecule has 0 heterocycles. The fourth-order valence-corrected chi connectivity index (χ4v) is 1.51. The van der Waals surface area contributed by atoms with Crippen molar-refractivity contribution in [2.24, 2.45) is 0 Å². The molecule has 0 aromatic heterocycles. The Hall–Kier alpha value is -0.770. The highest BCUT2D eigenvalue weighted by Gasteiger charge is 2.14. The SMILES string of the molecule is COc1c(C)cc(Br)c(F)c1O. The summed E-state index contributed by atoms with van der Waals surface area (Å²) in [4.78, 5) is 0. The van der Waals surface area contributed by atoms with Crippen LogP contribution >= 0.6 is 15.9 Å². The highest BCUT2D eigenvalue weighted by Crippen LogP contribution is 2.36. The number of rotatable bonds is 1. The lowest BCUT2D eigenvalue weighted by Gasteiger charge is -2.08. The van der Waals surface area contributed by atoms with Gasteiger partial charge in [-0.15, -0.1) is 0 Å². The summed E-state index contributed by atoms with van der Waals surface area (Å²) in [6.45, 7) is 1.72. The molecule has 12 heavy (non-hydrogen) atoms. The zero-order valence-electron chi connectivity index (χ0n) is 6.69. The number of phenols is 1. The Bertz CT molecular complexity index is 312. The Labute approximate surface area is 78.1 Å². The van der Waals surface area contributed by atoms with E-state index in [1.165, 1.54) is 7.11 Å². The molecule has 0 atom stereocenters. The van der Waals surface area contributed by atoms with Crippen molar-refractivity contribution in [2.75, 3.05) is 7.11 Å². The maximum atomic E-state index is 13.0. The minimum Gasteiger partial charge on any atom is -0.502 e. The van der Waals surface area contributed by atoms with Crippen molar-refractivity contribution in [1.82, 2.24) is 0 Å². The molecule has 0 bridgehead atoms. The van der Waals surface area contributed by atoms with Crippen molar-refractivity contribution in [3.63, 3.8) is 0 Å². The summed E-state index contributed by atoms with van der Waals surface area (Å²) >= 11 is 2.97. The minimum absolute atomic E-state index is 0.177. The lowest BCUT2D eigenvalue weighted by molar-refractivity contribution is 0.354. The predicted molar refractivity (Wildman–Crippen MR) is 47.1 cm³/mol. The van der Waals surface area contributed by atoms with Crippen molar-refractivity contribution >= 4 is 15.9 Å². The van der Waals surface area contributed by atoms with Gasteiger partial charge in [0, 0.05) is 0 Å². The van der Waals surface area contributed by atoms with E-state index >= 15 is 0 Å². The predicted octanol–water partition coefficient (Wildman–Crippen LogP) is 2.61. The van der Waals surface area contributed by atoms with Gasteiger partial charge in [0.2, 0.25) is 0 Å². The number of phenolic OH excluding ortho intramolecular Hbond substituents is 1. The second-order valence-corrected chi connectivity index (χ2v) is 3.23. The Kier molecular flexibility index (Phi) is 2.57. The van der Waals surface area contributed by atoms with Crippen LogP contribution in [-0.4, -0.2) is 12.2 Å². The number of ether oxygens (including phenoxy) is 1. The van der Waals surface area contributed by atoms with E-state index in [0.29, 0.717) is 5.56 Å². The molecule has 0 aliphatic carbocycles. The summed E-state index contributed by atoms with van der Waals surface area (Å²) in [6.07, 6.45) is 0. The molecule has 1 aromatic rings. The van der Waals surface area contributed by atoms with Gasteiger partial charge in [-0.1, -0.05) is 0 Å². The molecular weight excluding hydrogens is 227 g/mol. The van der Waals surface area contributed by atoms with Crippen molar-refractivity contribution in [3.05, 3.63) is 21.9 Å². The van der Waals surface area contributed by atoms with Crippen LogP contribution in [0.25, 0.3) is 0 Å². The number of benzene rings is 1. The lowest BCUT2D eigenvalue weighted by atomic mass is 10.2. The standard InChI is InChI=1S/C8H8BrFO2/c1-4-3-5(9)6(10)7(11)8(4)12-2/h3,11H,1-2H3. The van der Waals surface area contributed by atoms with E-state index in [-0.39, 0.29) is 10.2 Å². The van der Waals surface area contributed by atoms with Crippen LogP contribution in [0.15, 0.2) is 10.5 Å². The van der Waals surface area contributed by atoms with Gasteiger partial charge in [0.05, 0.1) is 11.6 Å². The molecule has 0 radical (unpaired) electrons. The molecule has 0 spiro atoms. The van der Waals surface area contributed by atoms with E-state index in [9.17, 15) is 9.50 Å². The first-order valence-corrected chi connectivity index (χ1v) is 4.08. The van der Waals surface area contributed by atoms with E-state index < -0.39 is 11.6 Å². The monoisotopic (exact) mass is 234 g/mol. The molecule has 66 valence electrons. The Balaban J connectivity index is 3.40. The maximum absolute atomic E-state index is 13.0. The zero-order chi connectivity index (χ0) is 9.30. The second-order valence-electron chi connectivity index (χ2n) is 2.37. The third-order valence-electron chi connectivity index (χ3n) is 1.54. The summed E-state index contributed by atoms with van der Waals surface area (Å²) < 4.78 is 18.0.